The van der Waals surface area contributed by atoms with Crippen LogP contribution in [0.1, 0.15) is 48.9 Å². The number of nitriles is 1. The van der Waals surface area contributed by atoms with Crippen LogP contribution in [-0.2, 0) is 17.6 Å². The summed E-state index contributed by atoms with van der Waals surface area (Å²) in [5.41, 5.74) is 3.94. The second kappa shape index (κ2) is 10.2. The molecule has 32 heavy (non-hydrogen) atoms. The van der Waals surface area contributed by atoms with Gasteiger partial charge in [0.1, 0.15) is 24.4 Å². The van der Waals surface area contributed by atoms with Gasteiger partial charge in [-0.05, 0) is 60.9 Å². The van der Waals surface area contributed by atoms with E-state index in [1.54, 1.807) is 0 Å². The Labute approximate surface area is 189 Å². The van der Waals surface area contributed by atoms with Crippen molar-refractivity contribution in [3.05, 3.63) is 70.9 Å². The van der Waals surface area contributed by atoms with E-state index < -0.39 is 0 Å². The summed E-state index contributed by atoms with van der Waals surface area (Å²) < 4.78 is 11.6. The first-order valence-corrected chi connectivity index (χ1v) is 11.3. The molecule has 0 spiro atoms. The zero-order chi connectivity index (χ0) is 22.3. The molecule has 2 N–H and O–H groups in total. The predicted octanol–water partition coefficient (Wildman–Crippen LogP) is 3.97. The molecule has 6 nitrogen and oxygen atoms in total. The average molecular weight is 432 g/mol. The number of amides is 1. The molecular weight excluding hydrogens is 402 g/mol. The van der Waals surface area contributed by atoms with Crippen LogP contribution in [0.3, 0.4) is 0 Å². The van der Waals surface area contributed by atoms with E-state index in [1.807, 2.05) is 37.3 Å². The summed E-state index contributed by atoms with van der Waals surface area (Å²) in [6, 6.07) is 15.9. The number of nitrogens with zero attached hydrogens (tertiary/aromatic N) is 1. The quantitative estimate of drug-likeness (QED) is 0.512. The van der Waals surface area contributed by atoms with Crippen molar-refractivity contribution < 1.29 is 14.3 Å². The van der Waals surface area contributed by atoms with Gasteiger partial charge < -0.3 is 20.1 Å². The molecule has 2 aromatic carbocycles. The fourth-order valence-electron chi connectivity index (χ4n) is 4.23. The van der Waals surface area contributed by atoms with Gasteiger partial charge in [0.25, 0.3) is 5.91 Å². The third-order valence-electron chi connectivity index (χ3n) is 6.01. The summed E-state index contributed by atoms with van der Waals surface area (Å²) in [5.74, 6) is 1.04. The SMILES string of the molecule is CCC(NC(=O)/C(C#N)=C\NCC1COc2ccccc2O1)c1ccc2c(c1)CCCC2. The molecule has 2 aromatic rings. The monoisotopic (exact) mass is 431 g/mol. The fraction of sp³-hybridized carbons (Fsp3) is 0.385. The summed E-state index contributed by atoms with van der Waals surface area (Å²) in [6.45, 7) is 2.87. The lowest BCUT2D eigenvalue weighted by Crippen LogP contribution is -2.37. The number of rotatable bonds is 7. The average Bonchev–Trinajstić information content (AvgIpc) is 2.84. The van der Waals surface area contributed by atoms with Crippen molar-refractivity contribution in [1.82, 2.24) is 10.6 Å². The van der Waals surface area contributed by atoms with E-state index in [4.69, 9.17) is 9.47 Å². The van der Waals surface area contributed by atoms with Gasteiger partial charge in [0.15, 0.2) is 11.5 Å². The topological polar surface area (TPSA) is 83.4 Å². The highest BCUT2D eigenvalue weighted by molar-refractivity contribution is 5.97. The summed E-state index contributed by atoms with van der Waals surface area (Å²) in [5, 5.41) is 15.6. The smallest absolute Gasteiger partial charge is 0.263 e. The second-order valence-electron chi connectivity index (χ2n) is 8.25. The van der Waals surface area contributed by atoms with Gasteiger partial charge in [-0.15, -0.1) is 0 Å². The predicted molar refractivity (Wildman–Crippen MR) is 122 cm³/mol. The highest BCUT2D eigenvalue weighted by Crippen LogP contribution is 2.30. The van der Waals surface area contributed by atoms with Crippen molar-refractivity contribution in [2.75, 3.05) is 13.2 Å². The number of nitrogens with one attached hydrogen (secondary N) is 2. The summed E-state index contributed by atoms with van der Waals surface area (Å²) >= 11 is 0. The first kappa shape index (κ1) is 21.8. The molecule has 1 heterocycles. The fourth-order valence-corrected chi connectivity index (χ4v) is 4.23. The van der Waals surface area contributed by atoms with Gasteiger partial charge in [-0.3, -0.25) is 4.79 Å². The Hall–Kier alpha value is -3.46. The van der Waals surface area contributed by atoms with E-state index in [2.05, 4.69) is 28.8 Å². The lowest BCUT2D eigenvalue weighted by Gasteiger charge is -2.26. The lowest BCUT2D eigenvalue weighted by atomic mass is 9.88. The molecule has 0 saturated heterocycles. The Morgan fingerprint density at radius 2 is 1.97 bits per heavy atom. The highest BCUT2D eigenvalue weighted by Gasteiger charge is 2.21. The molecule has 0 radical (unpaired) electrons. The minimum Gasteiger partial charge on any atom is -0.486 e. The number of hydrogen-bond acceptors (Lipinski definition) is 5. The maximum atomic E-state index is 12.8. The minimum atomic E-state index is -0.379. The van der Waals surface area contributed by atoms with Gasteiger partial charge in [0.05, 0.1) is 12.6 Å². The van der Waals surface area contributed by atoms with Gasteiger partial charge in [-0.1, -0.05) is 37.3 Å². The van der Waals surface area contributed by atoms with Crippen LogP contribution in [0.4, 0.5) is 0 Å². The van der Waals surface area contributed by atoms with Crippen LogP contribution >= 0.6 is 0 Å². The first-order chi connectivity index (χ1) is 15.7. The van der Waals surface area contributed by atoms with Crippen molar-refractivity contribution in [3.63, 3.8) is 0 Å². The number of fused-ring (bicyclic) bond motifs is 2. The van der Waals surface area contributed by atoms with Gasteiger partial charge in [-0.2, -0.15) is 5.26 Å². The van der Waals surface area contributed by atoms with Gasteiger partial charge in [0, 0.05) is 6.20 Å². The number of benzene rings is 2. The molecule has 2 aliphatic rings. The van der Waals surface area contributed by atoms with Crippen LogP contribution in [0, 0.1) is 11.3 Å². The summed E-state index contributed by atoms with van der Waals surface area (Å²) in [7, 11) is 0. The van der Waals surface area contributed by atoms with Crippen molar-refractivity contribution in [1.29, 1.82) is 5.26 Å². The highest BCUT2D eigenvalue weighted by atomic mass is 16.6. The summed E-state index contributed by atoms with van der Waals surface area (Å²) in [4.78, 5) is 12.8. The molecular formula is C26H29N3O3. The molecule has 2 unspecified atom stereocenters. The van der Waals surface area contributed by atoms with Crippen LogP contribution in [0.5, 0.6) is 11.5 Å². The Balaban J connectivity index is 1.34. The molecule has 1 aliphatic carbocycles. The molecule has 0 aromatic heterocycles. The van der Waals surface area contributed by atoms with E-state index in [9.17, 15) is 10.1 Å². The van der Waals surface area contributed by atoms with Crippen molar-refractivity contribution in [2.45, 2.75) is 51.2 Å². The van der Waals surface area contributed by atoms with Crippen LogP contribution in [0.2, 0.25) is 0 Å². The van der Waals surface area contributed by atoms with Crippen molar-refractivity contribution in [3.8, 4) is 17.6 Å². The molecule has 166 valence electrons. The van der Waals surface area contributed by atoms with Gasteiger partial charge >= 0.3 is 0 Å². The van der Waals surface area contributed by atoms with E-state index in [-0.39, 0.29) is 23.6 Å². The maximum absolute atomic E-state index is 12.8. The first-order valence-electron chi connectivity index (χ1n) is 11.3. The molecule has 0 fully saturated rings. The van der Waals surface area contributed by atoms with Crippen LogP contribution in [0.25, 0.3) is 0 Å². The molecule has 4 rings (SSSR count). The molecule has 0 bridgehead atoms. The Morgan fingerprint density at radius 1 is 1.19 bits per heavy atom. The normalized spacial score (nSPS) is 18.1. The van der Waals surface area contributed by atoms with E-state index in [0.717, 1.165) is 30.6 Å². The van der Waals surface area contributed by atoms with E-state index >= 15 is 0 Å². The number of carbonyl (C=O) groups is 1. The van der Waals surface area contributed by atoms with Crippen molar-refractivity contribution >= 4 is 5.91 Å². The third-order valence-corrected chi connectivity index (χ3v) is 6.01. The summed E-state index contributed by atoms with van der Waals surface area (Å²) in [6.07, 6.45) is 6.69. The molecule has 1 aliphatic heterocycles. The number of para-hydroxylation sites is 2. The van der Waals surface area contributed by atoms with Crippen LogP contribution in [0.15, 0.2) is 54.2 Å². The van der Waals surface area contributed by atoms with Crippen molar-refractivity contribution in [2.24, 2.45) is 0 Å². The number of ether oxygens (including phenoxy) is 2. The molecule has 6 heteroatoms. The van der Waals surface area contributed by atoms with Gasteiger partial charge in [0.2, 0.25) is 0 Å². The van der Waals surface area contributed by atoms with E-state index in [0.29, 0.717) is 18.9 Å². The van der Waals surface area contributed by atoms with Crippen LogP contribution in [-0.4, -0.2) is 25.2 Å². The van der Waals surface area contributed by atoms with Gasteiger partial charge in [-0.25, -0.2) is 0 Å². The molecule has 0 saturated carbocycles. The molecule has 1 amide bonds. The van der Waals surface area contributed by atoms with E-state index in [1.165, 1.54) is 30.2 Å². The molecule has 2 atom stereocenters. The zero-order valence-electron chi connectivity index (χ0n) is 18.4. The second-order valence-corrected chi connectivity index (χ2v) is 8.25. The largest absolute Gasteiger partial charge is 0.486 e. The minimum absolute atomic E-state index is 0.0403. The standard InChI is InChI=1S/C26H29N3O3/c1-2-23(20-12-11-18-7-3-4-8-19(18)13-20)29-26(30)21(14-27)15-28-16-22-17-31-24-9-5-6-10-25(24)32-22/h5-6,9-13,15,22-23,28H,2-4,7-8,16-17H2,1H3,(H,29,30)/b21-15-. The Kier molecular flexibility index (Phi) is 6.96. The number of aryl methyl sites for hydroxylation is 2. The number of hydrogen-bond donors (Lipinski definition) is 2. The Bertz CT molecular complexity index is 1040. The Morgan fingerprint density at radius 3 is 2.75 bits per heavy atom. The van der Waals surface area contributed by atoms with Crippen LogP contribution < -0.4 is 20.1 Å². The number of carbonyl (C=O) groups excluding carboxylic acids is 1. The third kappa shape index (κ3) is 5.05. The maximum Gasteiger partial charge on any atom is 0.263 e. The lowest BCUT2D eigenvalue weighted by molar-refractivity contribution is -0.117. The zero-order valence-corrected chi connectivity index (χ0v) is 18.4.